The van der Waals surface area contributed by atoms with Gasteiger partial charge in [-0.1, -0.05) is 103 Å². The summed E-state index contributed by atoms with van der Waals surface area (Å²) in [5.41, 5.74) is 1.38. The van der Waals surface area contributed by atoms with Gasteiger partial charge in [0.2, 0.25) is 11.8 Å². The van der Waals surface area contributed by atoms with Crippen molar-refractivity contribution in [1.82, 2.24) is 10.2 Å². The van der Waals surface area contributed by atoms with Crippen LogP contribution in [0.4, 0.5) is 10.1 Å². The summed E-state index contributed by atoms with van der Waals surface area (Å²) < 4.78 is 43.0. The molecule has 1 N–H and O–H groups in total. The van der Waals surface area contributed by atoms with Crippen molar-refractivity contribution in [3.63, 3.8) is 0 Å². The number of anilines is 1. The molecule has 11 heteroatoms. The van der Waals surface area contributed by atoms with E-state index in [9.17, 15) is 22.4 Å². The molecule has 4 aromatic rings. The second kappa shape index (κ2) is 15.9. The molecule has 0 aliphatic rings. The second-order valence-electron chi connectivity index (χ2n) is 10.4. The first kappa shape index (κ1) is 34.0. The maximum Gasteiger partial charge on any atom is 0.264 e. The van der Waals surface area contributed by atoms with Crippen molar-refractivity contribution in [2.24, 2.45) is 0 Å². The molecule has 0 bridgehead atoms. The Morgan fingerprint density at radius 1 is 0.867 bits per heavy atom. The molecule has 0 aromatic heterocycles. The number of carbonyl (C=O) groups is 2. The topological polar surface area (TPSA) is 86.8 Å². The minimum atomic E-state index is -4.34. The summed E-state index contributed by atoms with van der Waals surface area (Å²) in [7, 11) is -4.34. The Kier molecular flexibility index (Phi) is 12.0. The molecule has 236 valence electrons. The number of rotatable bonds is 14. The van der Waals surface area contributed by atoms with Crippen molar-refractivity contribution in [3.8, 4) is 0 Å². The van der Waals surface area contributed by atoms with E-state index in [4.69, 9.17) is 23.2 Å². The Balaban J connectivity index is 1.81. The van der Waals surface area contributed by atoms with E-state index in [-0.39, 0.29) is 34.5 Å². The van der Waals surface area contributed by atoms with Crippen LogP contribution in [0.3, 0.4) is 0 Å². The summed E-state index contributed by atoms with van der Waals surface area (Å²) in [4.78, 5) is 29.5. The van der Waals surface area contributed by atoms with Crippen molar-refractivity contribution in [2.45, 2.75) is 43.7 Å². The van der Waals surface area contributed by atoms with E-state index < -0.39 is 34.3 Å². The molecule has 0 fully saturated rings. The molecule has 0 heterocycles. The van der Waals surface area contributed by atoms with E-state index >= 15 is 0 Å². The predicted octanol–water partition coefficient (Wildman–Crippen LogP) is 6.88. The number of carbonyl (C=O) groups excluding carboxylic acids is 2. The maximum absolute atomic E-state index is 14.4. The van der Waals surface area contributed by atoms with Gasteiger partial charge in [0.1, 0.15) is 18.4 Å². The van der Waals surface area contributed by atoms with E-state index in [1.165, 1.54) is 23.1 Å². The van der Waals surface area contributed by atoms with Gasteiger partial charge >= 0.3 is 0 Å². The van der Waals surface area contributed by atoms with Gasteiger partial charge in [0.25, 0.3) is 10.0 Å². The fraction of sp³-hybridized carbons (Fsp3) is 0.235. The average molecular weight is 671 g/mol. The second-order valence-corrected chi connectivity index (χ2v) is 13.1. The molecule has 0 spiro atoms. The normalized spacial score (nSPS) is 11.9. The first-order valence-electron chi connectivity index (χ1n) is 14.5. The average Bonchev–Trinajstić information content (AvgIpc) is 3.04. The van der Waals surface area contributed by atoms with Gasteiger partial charge in [0, 0.05) is 24.5 Å². The van der Waals surface area contributed by atoms with E-state index in [0.717, 1.165) is 34.8 Å². The van der Waals surface area contributed by atoms with E-state index in [2.05, 4.69) is 5.32 Å². The molecule has 0 unspecified atom stereocenters. The molecule has 0 aliphatic heterocycles. The molecule has 0 saturated heterocycles. The van der Waals surface area contributed by atoms with Gasteiger partial charge in [0.05, 0.1) is 15.6 Å². The van der Waals surface area contributed by atoms with Crippen LogP contribution in [-0.2, 0) is 32.6 Å². The smallest absolute Gasteiger partial charge is 0.264 e. The number of benzene rings is 4. The first-order valence-corrected chi connectivity index (χ1v) is 16.7. The minimum absolute atomic E-state index is 0.0108. The van der Waals surface area contributed by atoms with Gasteiger partial charge in [0.15, 0.2) is 0 Å². The summed E-state index contributed by atoms with van der Waals surface area (Å²) in [6, 6.07) is 26.2. The number of hydrogen-bond acceptors (Lipinski definition) is 4. The quantitative estimate of drug-likeness (QED) is 0.148. The van der Waals surface area contributed by atoms with Crippen LogP contribution in [0.5, 0.6) is 0 Å². The highest BCUT2D eigenvalue weighted by molar-refractivity contribution is 7.92. The van der Waals surface area contributed by atoms with Crippen LogP contribution in [0.25, 0.3) is 0 Å². The zero-order valence-electron chi connectivity index (χ0n) is 24.7. The molecule has 0 aliphatic carbocycles. The third kappa shape index (κ3) is 8.84. The number of amides is 2. The molecule has 0 radical (unpaired) electrons. The predicted molar refractivity (Wildman–Crippen MR) is 176 cm³/mol. The highest BCUT2D eigenvalue weighted by atomic mass is 35.5. The molecule has 2 amide bonds. The zero-order chi connectivity index (χ0) is 32.4. The molecule has 1 atom stereocenters. The lowest BCUT2D eigenvalue weighted by Gasteiger charge is -2.34. The van der Waals surface area contributed by atoms with Gasteiger partial charge < -0.3 is 10.2 Å². The lowest BCUT2D eigenvalue weighted by Crippen LogP contribution is -2.53. The van der Waals surface area contributed by atoms with Crippen LogP contribution < -0.4 is 9.62 Å². The summed E-state index contributed by atoms with van der Waals surface area (Å²) in [6.45, 7) is 1.65. The number of sulfonamides is 1. The summed E-state index contributed by atoms with van der Waals surface area (Å²) >= 11 is 12.6. The SMILES string of the molecule is CCCCNC(=O)[C@@H](Cc1ccccc1)N(Cc1ccccc1Cl)C(=O)CN(c1ccc(F)c(Cl)c1)S(=O)(=O)c1ccccc1. The monoisotopic (exact) mass is 669 g/mol. The molecule has 4 rings (SSSR count). The Hall–Kier alpha value is -3.92. The zero-order valence-corrected chi connectivity index (χ0v) is 27.0. The number of unbranched alkanes of at least 4 members (excludes halogenated alkanes) is 1. The van der Waals surface area contributed by atoms with Gasteiger partial charge in [-0.25, -0.2) is 12.8 Å². The summed E-state index contributed by atoms with van der Waals surface area (Å²) in [5, 5.41) is 3.02. The lowest BCUT2D eigenvalue weighted by atomic mass is 10.0. The molecule has 4 aromatic carbocycles. The third-order valence-corrected chi connectivity index (χ3v) is 9.65. The van der Waals surface area contributed by atoms with Gasteiger partial charge in [-0.3, -0.25) is 13.9 Å². The maximum atomic E-state index is 14.4. The Labute approximate surface area is 273 Å². The van der Waals surface area contributed by atoms with Crippen molar-refractivity contribution < 1.29 is 22.4 Å². The van der Waals surface area contributed by atoms with Crippen LogP contribution in [0.1, 0.15) is 30.9 Å². The minimum Gasteiger partial charge on any atom is -0.354 e. The molecule has 45 heavy (non-hydrogen) atoms. The summed E-state index contributed by atoms with van der Waals surface area (Å²) in [6.07, 6.45) is 1.78. The van der Waals surface area contributed by atoms with Crippen LogP contribution in [0.2, 0.25) is 10.0 Å². The van der Waals surface area contributed by atoms with E-state index in [1.54, 1.807) is 42.5 Å². The van der Waals surface area contributed by atoms with E-state index in [1.807, 2.05) is 37.3 Å². The molecule has 0 saturated carbocycles. The Morgan fingerprint density at radius 2 is 1.51 bits per heavy atom. The van der Waals surface area contributed by atoms with Crippen LogP contribution in [0, 0.1) is 5.82 Å². The largest absolute Gasteiger partial charge is 0.354 e. The fourth-order valence-electron chi connectivity index (χ4n) is 4.76. The number of halogens is 3. The standard InChI is InChI=1S/C34H34Cl2FN3O4S/c1-2-3-20-38-34(42)32(21-25-12-6-4-7-13-25)39(23-26-14-10-11-17-29(26)35)33(41)24-40(27-18-19-31(37)30(36)22-27)45(43,44)28-15-8-5-9-16-28/h4-19,22,32H,2-3,20-21,23-24H2,1H3,(H,38,42)/t32-/m1/s1. The number of nitrogens with zero attached hydrogens (tertiary/aromatic N) is 2. The third-order valence-electron chi connectivity index (χ3n) is 7.20. The molecule has 7 nitrogen and oxygen atoms in total. The Morgan fingerprint density at radius 3 is 2.16 bits per heavy atom. The highest BCUT2D eigenvalue weighted by Gasteiger charge is 2.35. The molecular weight excluding hydrogens is 636 g/mol. The van der Waals surface area contributed by atoms with Crippen LogP contribution >= 0.6 is 23.2 Å². The number of hydrogen-bond donors (Lipinski definition) is 1. The van der Waals surface area contributed by atoms with Crippen molar-refractivity contribution in [3.05, 3.63) is 130 Å². The van der Waals surface area contributed by atoms with Gasteiger partial charge in [-0.05, 0) is 53.9 Å². The van der Waals surface area contributed by atoms with Crippen molar-refractivity contribution >= 4 is 50.7 Å². The van der Waals surface area contributed by atoms with Gasteiger partial charge in [-0.15, -0.1) is 0 Å². The summed E-state index contributed by atoms with van der Waals surface area (Å²) in [5.74, 6) is -1.78. The van der Waals surface area contributed by atoms with E-state index in [0.29, 0.717) is 17.1 Å². The fourth-order valence-corrected chi connectivity index (χ4v) is 6.56. The lowest BCUT2D eigenvalue weighted by molar-refractivity contribution is -0.140. The van der Waals surface area contributed by atoms with Crippen LogP contribution in [0.15, 0.2) is 108 Å². The molecular formula is C34H34Cl2FN3O4S. The highest BCUT2D eigenvalue weighted by Crippen LogP contribution is 2.29. The van der Waals surface area contributed by atoms with Crippen molar-refractivity contribution in [1.29, 1.82) is 0 Å². The number of nitrogens with one attached hydrogen (secondary N) is 1. The van der Waals surface area contributed by atoms with Gasteiger partial charge in [-0.2, -0.15) is 0 Å². The Bertz CT molecular complexity index is 1710. The van der Waals surface area contributed by atoms with Crippen LogP contribution in [-0.4, -0.2) is 44.3 Å². The first-order chi connectivity index (χ1) is 21.6. The van der Waals surface area contributed by atoms with Crippen molar-refractivity contribution in [2.75, 3.05) is 17.4 Å².